The van der Waals surface area contributed by atoms with Gasteiger partial charge in [0.1, 0.15) is 11.6 Å². The molecule has 0 spiro atoms. The number of benzene rings is 1. The topological polar surface area (TPSA) is 20.2 Å². The molecule has 0 heterocycles. The van der Waals surface area contributed by atoms with Crippen LogP contribution in [0.25, 0.3) is 0 Å². The van der Waals surface area contributed by atoms with Crippen LogP contribution in [0.15, 0.2) is 18.2 Å². The summed E-state index contributed by atoms with van der Waals surface area (Å²) in [4.78, 5) is 0. The third-order valence-corrected chi connectivity index (χ3v) is 1.88. The lowest BCUT2D eigenvalue weighted by Crippen LogP contribution is -2.00. The van der Waals surface area contributed by atoms with Crippen molar-refractivity contribution < 1.29 is 9.50 Å². The summed E-state index contributed by atoms with van der Waals surface area (Å²) in [5.74, 6) is -0.944. The first-order valence-corrected chi connectivity index (χ1v) is 4.10. The SMILES string of the molecule is Oc1cc(F)ccc1C(Cl)(Cl)Cl. The molecule has 0 fully saturated rings. The molecule has 0 aliphatic carbocycles. The molecule has 0 aliphatic heterocycles. The Kier molecular flexibility index (Phi) is 2.71. The van der Waals surface area contributed by atoms with E-state index in [2.05, 4.69) is 0 Å². The summed E-state index contributed by atoms with van der Waals surface area (Å²) in [6.45, 7) is 0. The minimum Gasteiger partial charge on any atom is -0.507 e. The van der Waals surface area contributed by atoms with Crippen LogP contribution in [0.2, 0.25) is 0 Å². The zero-order valence-corrected chi connectivity index (χ0v) is 7.96. The van der Waals surface area contributed by atoms with E-state index in [-0.39, 0.29) is 11.3 Å². The van der Waals surface area contributed by atoms with Crippen LogP contribution < -0.4 is 0 Å². The van der Waals surface area contributed by atoms with E-state index in [1.165, 1.54) is 6.07 Å². The highest BCUT2D eigenvalue weighted by Gasteiger charge is 2.26. The first-order chi connectivity index (χ1) is 5.41. The van der Waals surface area contributed by atoms with Crippen molar-refractivity contribution in [2.75, 3.05) is 0 Å². The van der Waals surface area contributed by atoms with E-state index in [0.29, 0.717) is 0 Å². The van der Waals surface area contributed by atoms with Crippen LogP contribution >= 0.6 is 34.8 Å². The van der Waals surface area contributed by atoms with Crippen molar-refractivity contribution in [1.29, 1.82) is 0 Å². The normalized spacial score (nSPS) is 11.7. The Morgan fingerprint density at radius 3 is 2.25 bits per heavy atom. The molecule has 0 aromatic heterocycles. The van der Waals surface area contributed by atoms with Gasteiger partial charge in [-0.05, 0) is 12.1 Å². The van der Waals surface area contributed by atoms with Gasteiger partial charge in [-0.3, -0.25) is 0 Å². The van der Waals surface area contributed by atoms with Crippen molar-refractivity contribution in [3.63, 3.8) is 0 Å². The Labute approximate surface area is 83.7 Å². The van der Waals surface area contributed by atoms with Crippen LogP contribution in [0.5, 0.6) is 5.75 Å². The van der Waals surface area contributed by atoms with Crippen molar-refractivity contribution in [2.45, 2.75) is 3.79 Å². The van der Waals surface area contributed by atoms with Gasteiger partial charge in [-0.1, -0.05) is 34.8 Å². The molecule has 1 aromatic carbocycles. The smallest absolute Gasteiger partial charge is 0.219 e. The lowest BCUT2D eigenvalue weighted by Gasteiger charge is -2.12. The van der Waals surface area contributed by atoms with Gasteiger partial charge in [-0.25, -0.2) is 4.39 Å². The summed E-state index contributed by atoms with van der Waals surface area (Å²) >= 11 is 16.4. The number of hydrogen-bond donors (Lipinski definition) is 1. The van der Waals surface area contributed by atoms with Crippen molar-refractivity contribution in [2.24, 2.45) is 0 Å². The molecule has 0 radical (unpaired) electrons. The molecule has 0 bridgehead atoms. The highest BCUT2D eigenvalue weighted by molar-refractivity contribution is 6.66. The molecule has 1 nitrogen and oxygen atoms in total. The molecule has 0 saturated heterocycles. The van der Waals surface area contributed by atoms with Crippen LogP contribution in [-0.2, 0) is 3.79 Å². The lowest BCUT2D eigenvalue weighted by atomic mass is 10.2. The molecule has 0 unspecified atom stereocenters. The number of alkyl halides is 3. The van der Waals surface area contributed by atoms with E-state index in [1.807, 2.05) is 0 Å². The van der Waals surface area contributed by atoms with E-state index in [9.17, 15) is 4.39 Å². The van der Waals surface area contributed by atoms with Crippen LogP contribution in [0, 0.1) is 5.82 Å². The predicted molar refractivity (Wildman–Crippen MR) is 47.3 cm³/mol. The molecule has 1 rings (SSSR count). The number of hydrogen-bond acceptors (Lipinski definition) is 1. The Balaban J connectivity index is 3.19. The maximum absolute atomic E-state index is 12.4. The van der Waals surface area contributed by atoms with Crippen LogP contribution in [-0.4, -0.2) is 5.11 Å². The largest absolute Gasteiger partial charge is 0.507 e. The van der Waals surface area contributed by atoms with Crippen molar-refractivity contribution in [1.82, 2.24) is 0 Å². The molecule has 0 atom stereocenters. The highest BCUT2D eigenvalue weighted by atomic mass is 35.6. The van der Waals surface area contributed by atoms with E-state index in [4.69, 9.17) is 39.9 Å². The minimum absolute atomic E-state index is 0.0638. The first kappa shape index (κ1) is 9.90. The quantitative estimate of drug-likeness (QED) is 0.676. The van der Waals surface area contributed by atoms with Gasteiger partial charge in [0.25, 0.3) is 0 Å². The molecule has 0 saturated carbocycles. The van der Waals surface area contributed by atoms with Gasteiger partial charge < -0.3 is 5.11 Å². The van der Waals surface area contributed by atoms with Crippen molar-refractivity contribution >= 4 is 34.8 Å². The number of phenols is 1. The van der Waals surface area contributed by atoms with E-state index < -0.39 is 9.61 Å². The summed E-state index contributed by atoms with van der Waals surface area (Å²) in [7, 11) is 0. The second-order valence-electron chi connectivity index (χ2n) is 2.16. The standard InChI is InChI=1S/C7H4Cl3FO/c8-7(9,10)5-2-1-4(11)3-6(5)12/h1-3,12H. The Morgan fingerprint density at radius 1 is 1.25 bits per heavy atom. The zero-order chi connectivity index (χ0) is 9.35. The third kappa shape index (κ3) is 2.16. The fraction of sp³-hybridized carbons (Fsp3) is 0.143. The summed E-state index contributed by atoms with van der Waals surface area (Å²) in [6.07, 6.45) is 0. The monoisotopic (exact) mass is 228 g/mol. The average molecular weight is 229 g/mol. The second kappa shape index (κ2) is 3.29. The Morgan fingerprint density at radius 2 is 1.83 bits per heavy atom. The summed E-state index contributed by atoms with van der Waals surface area (Å²) in [5, 5.41) is 9.13. The van der Waals surface area contributed by atoms with Gasteiger partial charge in [-0.2, -0.15) is 0 Å². The fourth-order valence-electron chi connectivity index (χ4n) is 0.745. The number of rotatable bonds is 0. The number of aromatic hydroxyl groups is 1. The number of phenolic OH excluding ortho intramolecular Hbond substituents is 1. The minimum atomic E-state index is -1.72. The molecule has 0 aliphatic rings. The Bertz CT molecular complexity index is 295. The van der Waals surface area contributed by atoms with Crippen LogP contribution in [0.3, 0.4) is 0 Å². The maximum atomic E-state index is 12.4. The Hall–Kier alpha value is -0.180. The summed E-state index contributed by atoms with van der Waals surface area (Å²) in [6, 6.07) is 3.21. The zero-order valence-electron chi connectivity index (χ0n) is 5.69. The van der Waals surface area contributed by atoms with Crippen LogP contribution in [0.1, 0.15) is 5.56 Å². The fourth-order valence-corrected chi connectivity index (χ4v) is 1.22. The van der Waals surface area contributed by atoms with E-state index in [1.54, 1.807) is 0 Å². The van der Waals surface area contributed by atoms with Gasteiger partial charge in [0.2, 0.25) is 3.79 Å². The van der Waals surface area contributed by atoms with E-state index in [0.717, 1.165) is 12.1 Å². The van der Waals surface area contributed by atoms with Gasteiger partial charge in [-0.15, -0.1) is 0 Å². The molecule has 5 heteroatoms. The molecule has 1 aromatic rings. The molecule has 12 heavy (non-hydrogen) atoms. The summed E-state index contributed by atoms with van der Waals surface area (Å²) in [5.41, 5.74) is 0.0638. The predicted octanol–water partition coefficient (Wildman–Crippen LogP) is 3.36. The average Bonchev–Trinajstić information content (AvgIpc) is 1.83. The highest BCUT2D eigenvalue weighted by Crippen LogP contribution is 2.42. The maximum Gasteiger partial charge on any atom is 0.219 e. The van der Waals surface area contributed by atoms with E-state index >= 15 is 0 Å². The first-order valence-electron chi connectivity index (χ1n) is 2.97. The van der Waals surface area contributed by atoms with Crippen molar-refractivity contribution in [3.05, 3.63) is 29.6 Å². The molecule has 1 N–H and O–H groups in total. The molecular formula is C7H4Cl3FO. The van der Waals surface area contributed by atoms with Crippen molar-refractivity contribution in [3.8, 4) is 5.75 Å². The van der Waals surface area contributed by atoms with Gasteiger partial charge in [0.15, 0.2) is 0 Å². The van der Waals surface area contributed by atoms with Gasteiger partial charge in [0.05, 0.1) is 0 Å². The molecular weight excluding hydrogens is 225 g/mol. The van der Waals surface area contributed by atoms with Gasteiger partial charge >= 0.3 is 0 Å². The molecule has 0 amide bonds. The summed E-state index contributed by atoms with van der Waals surface area (Å²) < 4.78 is 10.7. The third-order valence-electron chi connectivity index (χ3n) is 1.27. The molecule has 66 valence electrons. The van der Waals surface area contributed by atoms with Crippen LogP contribution in [0.4, 0.5) is 4.39 Å². The second-order valence-corrected chi connectivity index (χ2v) is 4.44. The number of halogens is 4. The van der Waals surface area contributed by atoms with Gasteiger partial charge in [0, 0.05) is 11.6 Å². The lowest BCUT2D eigenvalue weighted by molar-refractivity contribution is 0.463.